The number of methoxy groups -OCH3 is 1. The fourth-order valence-corrected chi connectivity index (χ4v) is 3.98. The first kappa shape index (κ1) is 17.9. The maximum absolute atomic E-state index is 13.1. The predicted molar refractivity (Wildman–Crippen MR) is 95.0 cm³/mol. The number of nitrogens with zero attached hydrogens (tertiary/aromatic N) is 3. The molecule has 1 atom stereocenters. The van der Waals surface area contributed by atoms with Crippen molar-refractivity contribution in [3.05, 3.63) is 35.9 Å². The summed E-state index contributed by atoms with van der Waals surface area (Å²) in [5, 5.41) is 0. The number of imide groups is 1. The summed E-state index contributed by atoms with van der Waals surface area (Å²) in [6, 6.07) is 9.81. The third-order valence-corrected chi connectivity index (χ3v) is 5.64. The zero-order valence-electron chi connectivity index (χ0n) is 15.3. The lowest BCUT2D eigenvalue weighted by Crippen LogP contribution is -2.57. The molecule has 1 aromatic rings. The van der Waals surface area contributed by atoms with Crippen molar-refractivity contribution in [2.24, 2.45) is 0 Å². The number of rotatable bonds is 5. The lowest BCUT2D eigenvalue weighted by atomic mass is 9.85. The van der Waals surface area contributed by atoms with E-state index < -0.39 is 5.54 Å². The largest absolute Gasteiger partial charge is 0.383 e. The number of piperidine rings is 1. The summed E-state index contributed by atoms with van der Waals surface area (Å²) in [4.78, 5) is 31.2. The van der Waals surface area contributed by atoms with Crippen LogP contribution in [-0.4, -0.2) is 72.1 Å². The number of benzene rings is 1. The van der Waals surface area contributed by atoms with Crippen LogP contribution in [0.15, 0.2) is 30.3 Å². The van der Waals surface area contributed by atoms with Crippen LogP contribution in [0.3, 0.4) is 0 Å². The highest BCUT2D eigenvalue weighted by molar-refractivity contribution is 6.06. The lowest BCUT2D eigenvalue weighted by Gasteiger charge is -2.42. The lowest BCUT2D eigenvalue weighted by molar-refractivity contribution is -0.136. The molecule has 2 saturated heterocycles. The molecule has 0 saturated carbocycles. The summed E-state index contributed by atoms with van der Waals surface area (Å²) >= 11 is 0. The molecule has 0 bridgehead atoms. The Morgan fingerprint density at radius 3 is 2.40 bits per heavy atom. The summed E-state index contributed by atoms with van der Waals surface area (Å²) < 4.78 is 5.24. The van der Waals surface area contributed by atoms with Crippen LogP contribution in [-0.2, 0) is 16.1 Å². The number of urea groups is 1. The quantitative estimate of drug-likeness (QED) is 0.766. The van der Waals surface area contributed by atoms with E-state index in [4.69, 9.17) is 4.74 Å². The van der Waals surface area contributed by atoms with Gasteiger partial charge in [0.25, 0.3) is 5.91 Å². The van der Waals surface area contributed by atoms with Crippen LogP contribution in [0, 0.1) is 0 Å². The summed E-state index contributed by atoms with van der Waals surface area (Å²) in [6.45, 7) is 4.75. The Balaban J connectivity index is 1.73. The monoisotopic (exact) mass is 345 g/mol. The van der Waals surface area contributed by atoms with Crippen LogP contribution < -0.4 is 0 Å². The SMILES string of the molecule is COC[C@@H](C)N1CCC2(CC1)C(=O)N(Cc1ccccc1)C(=O)N2C. The summed E-state index contributed by atoms with van der Waals surface area (Å²) in [6.07, 6.45) is 1.35. The summed E-state index contributed by atoms with van der Waals surface area (Å²) in [5.41, 5.74) is 0.288. The average Bonchev–Trinajstić information content (AvgIpc) is 2.80. The van der Waals surface area contributed by atoms with E-state index in [0.29, 0.717) is 32.0 Å². The maximum Gasteiger partial charge on any atom is 0.327 e. The molecule has 1 spiro atoms. The third kappa shape index (κ3) is 3.16. The number of likely N-dealkylation sites (tertiary alicyclic amines) is 1. The Labute approximate surface area is 149 Å². The van der Waals surface area contributed by atoms with Gasteiger partial charge in [-0.05, 0) is 25.3 Å². The van der Waals surface area contributed by atoms with Gasteiger partial charge >= 0.3 is 6.03 Å². The molecule has 3 rings (SSSR count). The molecule has 6 heteroatoms. The highest BCUT2D eigenvalue weighted by atomic mass is 16.5. The minimum Gasteiger partial charge on any atom is -0.383 e. The second-order valence-corrected chi connectivity index (χ2v) is 7.09. The molecule has 0 aromatic heterocycles. The predicted octanol–water partition coefficient (Wildman–Crippen LogP) is 1.95. The molecule has 0 radical (unpaired) electrons. The zero-order valence-corrected chi connectivity index (χ0v) is 15.3. The van der Waals surface area contributed by atoms with E-state index in [1.165, 1.54) is 4.90 Å². The van der Waals surface area contributed by atoms with Gasteiger partial charge in [0.2, 0.25) is 0 Å². The van der Waals surface area contributed by atoms with Crippen molar-refractivity contribution in [2.75, 3.05) is 33.9 Å². The van der Waals surface area contributed by atoms with Crippen LogP contribution in [0.4, 0.5) is 4.79 Å². The summed E-state index contributed by atoms with van der Waals surface area (Å²) in [7, 11) is 3.47. The number of carbonyl (C=O) groups excluding carboxylic acids is 2. The van der Waals surface area contributed by atoms with Gasteiger partial charge in [0.1, 0.15) is 5.54 Å². The van der Waals surface area contributed by atoms with Crippen molar-refractivity contribution in [3.63, 3.8) is 0 Å². The molecule has 6 nitrogen and oxygen atoms in total. The van der Waals surface area contributed by atoms with Gasteiger partial charge in [0, 0.05) is 33.3 Å². The molecule has 0 aliphatic carbocycles. The van der Waals surface area contributed by atoms with Gasteiger partial charge in [-0.3, -0.25) is 14.6 Å². The van der Waals surface area contributed by atoms with E-state index >= 15 is 0 Å². The second-order valence-electron chi connectivity index (χ2n) is 7.09. The van der Waals surface area contributed by atoms with Crippen molar-refractivity contribution < 1.29 is 14.3 Å². The van der Waals surface area contributed by atoms with E-state index in [1.807, 2.05) is 30.3 Å². The van der Waals surface area contributed by atoms with Crippen LogP contribution in [0.2, 0.25) is 0 Å². The third-order valence-electron chi connectivity index (χ3n) is 5.64. The Morgan fingerprint density at radius 1 is 1.16 bits per heavy atom. The smallest absolute Gasteiger partial charge is 0.327 e. The van der Waals surface area contributed by atoms with E-state index in [9.17, 15) is 9.59 Å². The van der Waals surface area contributed by atoms with Gasteiger partial charge < -0.3 is 9.64 Å². The highest BCUT2D eigenvalue weighted by Gasteiger charge is 2.56. The molecule has 0 N–H and O–H groups in total. The normalized spacial score (nSPS) is 22.0. The number of hydrogen-bond donors (Lipinski definition) is 0. The van der Waals surface area contributed by atoms with Gasteiger partial charge in [-0.25, -0.2) is 4.79 Å². The molecule has 3 amide bonds. The first-order chi connectivity index (χ1) is 12.0. The molecule has 0 unspecified atom stereocenters. The standard InChI is InChI=1S/C19H27N3O3/c1-15(14-25-3)21-11-9-19(10-12-21)17(23)22(18(24)20(19)2)13-16-7-5-4-6-8-16/h4-8,15H,9-14H2,1-3H3/t15-/m1/s1. The van der Waals surface area contributed by atoms with E-state index in [2.05, 4.69) is 11.8 Å². The van der Waals surface area contributed by atoms with Crippen molar-refractivity contribution >= 4 is 11.9 Å². The molecule has 136 valence electrons. The number of ether oxygens (including phenoxy) is 1. The molecule has 2 heterocycles. The van der Waals surface area contributed by atoms with E-state index in [0.717, 1.165) is 18.7 Å². The summed E-state index contributed by atoms with van der Waals surface area (Å²) in [5.74, 6) is -0.0529. The number of carbonyl (C=O) groups is 2. The van der Waals surface area contributed by atoms with Crippen LogP contribution >= 0.6 is 0 Å². The van der Waals surface area contributed by atoms with Crippen LogP contribution in [0.5, 0.6) is 0 Å². The minimum absolute atomic E-state index is 0.0529. The molecular formula is C19H27N3O3. The maximum atomic E-state index is 13.1. The minimum atomic E-state index is -0.685. The highest BCUT2D eigenvalue weighted by Crippen LogP contribution is 2.37. The van der Waals surface area contributed by atoms with Gasteiger partial charge in [-0.1, -0.05) is 30.3 Å². The molecular weight excluding hydrogens is 318 g/mol. The Morgan fingerprint density at radius 2 is 1.80 bits per heavy atom. The first-order valence-electron chi connectivity index (χ1n) is 8.86. The fraction of sp³-hybridized carbons (Fsp3) is 0.579. The fourth-order valence-electron chi connectivity index (χ4n) is 3.98. The Hall–Kier alpha value is -1.92. The van der Waals surface area contributed by atoms with Gasteiger partial charge in [0.05, 0.1) is 13.2 Å². The number of amides is 3. The average molecular weight is 345 g/mol. The van der Waals surface area contributed by atoms with Gasteiger partial charge in [-0.15, -0.1) is 0 Å². The van der Waals surface area contributed by atoms with E-state index in [-0.39, 0.29) is 11.9 Å². The van der Waals surface area contributed by atoms with Crippen LogP contribution in [0.1, 0.15) is 25.3 Å². The Bertz CT molecular complexity index is 626. The number of hydrogen-bond acceptors (Lipinski definition) is 4. The topological polar surface area (TPSA) is 53.1 Å². The van der Waals surface area contributed by atoms with Crippen molar-refractivity contribution in [1.29, 1.82) is 0 Å². The molecule has 2 aliphatic heterocycles. The second kappa shape index (κ2) is 7.14. The molecule has 1 aromatic carbocycles. The molecule has 2 fully saturated rings. The molecule has 25 heavy (non-hydrogen) atoms. The van der Waals surface area contributed by atoms with Gasteiger partial charge in [0.15, 0.2) is 0 Å². The van der Waals surface area contributed by atoms with Crippen molar-refractivity contribution in [2.45, 2.75) is 37.9 Å². The van der Waals surface area contributed by atoms with Gasteiger partial charge in [-0.2, -0.15) is 0 Å². The van der Waals surface area contributed by atoms with Crippen molar-refractivity contribution in [1.82, 2.24) is 14.7 Å². The van der Waals surface area contributed by atoms with Crippen LogP contribution in [0.25, 0.3) is 0 Å². The zero-order chi connectivity index (χ0) is 18.0. The Kier molecular flexibility index (Phi) is 5.11. The molecule has 2 aliphatic rings. The van der Waals surface area contributed by atoms with E-state index in [1.54, 1.807) is 19.1 Å². The van der Waals surface area contributed by atoms with Crippen molar-refractivity contribution in [3.8, 4) is 0 Å². The number of likely N-dealkylation sites (N-methyl/N-ethyl adjacent to an activating group) is 1. The first-order valence-corrected chi connectivity index (χ1v) is 8.86.